The first-order valence-corrected chi connectivity index (χ1v) is 9.60. The molecule has 0 saturated heterocycles. The zero-order valence-electron chi connectivity index (χ0n) is 16.0. The van der Waals surface area contributed by atoms with E-state index in [4.69, 9.17) is 9.47 Å². The van der Waals surface area contributed by atoms with Gasteiger partial charge in [-0.2, -0.15) is 10.5 Å². The van der Waals surface area contributed by atoms with Gasteiger partial charge in [0.25, 0.3) is 0 Å². The van der Waals surface area contributed by atoms with Gasteiger partial charge in [-0.05, 0) is 83.9 Å². The van der Waals surface area contributed by atoms with Crippen LogP contribution in [0.1, 0.15) is 20.9 Å². The molecule has 0 saturated carbocycles. The third-order valence-electron chi connectivity index (χ3n) is 4.26. The van der Waals surface area contributed by atoms with Crippen LogP contribution < -0.4 is 9.47 Å². The average molecular weight is 398 g/mol. The number of hydrogen-bond donors (Lipinski definition) is 0. The van der Waals surface area contributed by atoms with Crippen molar-refractivity contribution in [1.29, 1.82) is 10.5 Å². The summed E-state index contributed by atoms with van der Waals surface area (Å²) in [5, 5.41) is 19.1. The van der Waals surface area contributed by atoms with Gasteiger partial charge in [-0.25, -0.2) is 0 Å². The molecule has 0 aliphatic carbocycles. The van der Waals surface area contributed by atoms with Crippen molar-refractivity contribution >= 4 is 34.6 Å². The summed E-state index contributed by atoms with van der Waals surface area (Å²) >= 11 is 1.52. The number of nitriles is 2. The quantitative estimate of drug-likeness (QED) is 0.485. The molecule has 142 valence electrons. The molecule has 0 fully saturated rings. The Morgan fingerprint density at radius 2 is 1.07 bits per heavy atom. The summed E-state index contributed by atoms with van der Waals surface area (Å²) in [7, 11) is 3.22. The van der Waals surface area contributed by atoms with Crippen LogP contribution in [0.5, 0.6) is 11.5 Å². The molecule has 0 spiro atoms. The van der Waals surface area contributed by atoms with Crippen LogP contribution in [0.15, 0.2) is 60.7 Å². The van der Waals surface area contributed by atoms with Crippen molar-refractivity contribution in [3.05, 3.63) is 81.5 Å². The Kier molecular flexibility index (Phi) is 6.47. The van der Waals surface area contributed by atoms with Gasteiger partial charge in [-0.15, -0.1) is 11.3 Å². The fourth-order valence-corrected chi connectivity index (χ4v) is 3.61. The highest BCUT2D eigenvalue weighted by Gasteiger charge is 2.06. The van der Waals surface area contributed by atoms with Crippen molar-refractivity contribution < 1.29 is 9.47 Å². The van der Waals surface area contributed by atoms with Gasteiger partial charge in [-0.1, -0.05) is 0 Å². The summed E-state index contributed by atoms with van der Waals surface area (Å²) in [6.45, 7) is 0. The van der Waals surface area contributed by atoms with Gasteiger partial charge in [0, 0.05) is 9.75 Å². The molecule has 0 unspecified atom stereocenters. The highest BCUT2D eigenvalue weighted by Crippen LogP contribution is 2.28. The number of allylic oxidation sites excluding steroid dienone is 2. The zero-order chi connectivity index (χ0) is 20.6. The Morgan fingerprint density at radius 3 is 1.38 bits per heavy atom. The summed E-state index contributed by atoms with van der Waals surface area (Å²) in [5.41, 5.74) is 2.80. The summed E-state index contributed by atoms with van der Waals surface area (Å²) < 4.78 is 10.3. The molecule has 2 aromatic carbocycles. The predicted octanol–water partition coefficient (Wildman–Crippen LogP) is 5.89. The lowest BCUT2D eigenvalue weighted by Crippen LogP contribution is -1.84. The molecule has 0 radical (unpaired) electrons. The van der Waals surface area contributed by atoms with Crippen molar-refractivity contribution in [3.63, 3.8) is 0 Å². The molecule has 0 atom stereocenters. The average Bonchev–Trinajstić information content (AvgIpc) is 3.23. The first-order chi connectivity index (χ1) is 14.2. The maximum absolute atomic E-state index is 9.54. The largest absolute Gasteiger partial charge is 0.497 e. The zero-order valence-corrected chi connectivity index (χ0v) is 16.9. The molecule has 1 heterocycles. The lowest BCUT2D eigenvalue weighted by atomic mass is 10.1. The molecule has 3 rings (SSSR count). The van der Waals surface area contributed by atoms with Crippen LogP contribution in [0.4, 0.5) is 0 Å². The monoisotopic (exact) mass is 398 g/mol. The lowest BCUT2D eigenvalue weighted by Gasteiger charge is -2.02. The van der Waals surface area contributed by atoms with Crippen LogP contribution in [-0.4, -0.2) is 14.2 Å². The Hall–Kier alpha value is -3.80. The van der Waals surface area contributed by atoms with Crippen molar-refractivity contribution in [3.8, 4) is 23.6 Å². The number of benzene rings is 2. The molecule has 0 amide bonds. The maximum Gasteiger partial charge on any atom is 0.118 e. The molecular formula is C24H18N2O2S. The molecule has 0 aliphatic heterocycles. The van der Waals surface area contributed by atoms with Crippen molar-refractivity contribution in [2.24, 2.45) is 0 Å². The smallest absolute Gasteiger partial charge is 0.118 e. The topological polar surface area (TPSA) is 66.0 Å². The predicted molar refractivity (Wildman–Crippen MR) is 117 cm³/mol. The number of nitrogens with zero attached hydrogens (tertiary/aromatic N) is 2. The van der Waals surface area contributed by atoms with Gasteiger partial charge < -0.3 is 9.47 Å². The minimum absolute atomic E-state index is 0.570. The Labute approximate surface area is 174 Å². The van der Waals surface area contributed by atoms with Gasteiger partial charge in [0.05, 0.1) is 37.5 Å². The summed E-state index contributed by atoms with van der Waals surface area (Å²) in [5.74, 6) is 1.49. The number of hydrogen-bond acceptors (Lipinski definition) is 5. The standard InChI is InChI=1S/C24H18N2O2S/c1-27-21-7-3-17(4-8-21)19(15-25)13-23-11-12-24(29-23)14-20(16-26)18-5-9-22(28-2)10-6-18/h3-14H,1-2H3/b19-13+,20-14+. The van der Waals surface area contributed by atoms with E-state index in [0.717, 1.165) is 32.4 Å². The van der Waals surface area contributed by atoms with Crippen LogP contribution in [0, 0.1) is 22.7 Å². The van der Waals surface area contributed by atoms with E-state index in [2.05, 4.69) is 12.1 Å². The minimum atomic E-state index is 0.570. The van der Waals surface area contributed by atoms with Crippen molar-refractivity contribution in [2.75, 3.05) is 14.2 Å². The van der Waals surface area contributed by atoms with Crippen molar-refractivity contribution in [1.82, 2.24) is 0 Å². The van der Waals surface area contributed by atoms with E-state index in [1.54, 1.807) is 14.2 Å². The normalized spacial score (nSPS) is 11.4. The number of methoxy groups -OCH3 is 2. The van der Waals surface area contributed by atoms with E-state index < -0.39 is 0 Å². The van der Waals surface area contributed by atoms with Crippen molar-refractivity contribution in [2.45, 2.75) is 0 Å². The first-order valence-electron chi connectivity index (χ1n) is 8.79. The van der Waals surface area contributed by atoms with E-state index in [-0.39, 0.29) is 0 Å². The number of rotatable bonds is 6. The fraction of sp³-hybridized carbons (Fsp3) is 0.0833. The van der Waals surface area contributed by atoms with E-state index in [1.807, 2.05) is 72.8 Å². The third-order valence-corrected chi connectivity index (χ3v) is 5.24. The third kappa shape index (κ3) is 4.93. The number of thiophene rings is 1. The minimum Gasteiger partial charge on any atom is -0.497 e. The molecule has 0 aliphatic rings. The van der Waals surface area contributed by atoms with E-state index in [1.165, 1.54) is 11.3 Å². The van der Waals surface area contributed by atoms with Gasteiger partial charge in [0.15, 0.2) is 0 Å². The second-order valence-corrected chi connectivity index (χ2v) is 7.18. The Bertz CT molecular complexity index is 1040. The van der Waals surface area contributed by atoms with Crippen LogP contribution in [0.25, 0.3) is 23.3 Å². The van der Waals surface area contributed by atoms with Gasteiger partial charge >= 0.3 is 0 Å². The van der Waals surface area contributed by atoms with Gasteiger partial charge in [0.1, 0.15) is 11.5 Å². The van der Waals surface area contributed by atoms with Crippen LogP contribution in [-0.2, 0) is 0 Å². The van der Waals surface area contributed by atoms with Crippen LogP contribution >= 0.6 is 11.3 Å². The van der Waals surface area contributed by atoms with E-state index in [0.29, 0.717) is 11.1 Å². The van der Waals surface area contributed by atoms with Gasteiger partial charge in [-0.3, -0.25) is 0 Å². The Balaban J connectivity index is 1.86. The maximum atomic E-state index is 9.54. The Morgan fingerprint density at radius 1 is 0.690 bits per heavy atom. The molecule has 4 nitrogen and oxygen atoms in total. The molecule has 1 aromatic heterocycles. The first kappa shape index (κ1) is 19.9. The summed E-state index contributed by atoms with van der Waals surface area (Å²) in [4.78, 5) is 1.88. The molecule has 29 heavy (non-hydrogen) atoms. The molecular weight excluding hydrogens is 380 g/mol. The summed E-state index contributed by atoms with van der Waals surface area (Å²) in [6.07, 6.45) is 3.70. The van der Waals surface area contributed by atoms with Gasteiger partial charge in [0.2, 0.25) is 0 Å². The SMILES string of the molecule is COc1ccc(/C(C#N)=C/c2ccc(/C=C(\C#N)c3ccc(OC)cc3)s2)cc1. The van der Waals surface area contributed by atoms with E-state index in [9.17, 15) is 10.5 Å². The molecule has 0 bridgehead atoms. The molecule has 3 aromatic rings. The van der Waals surface area contributed by atoms with Crippen LogP contribution in [0.3, 0.4) is 0 Å². The molecule has 0 N–H and O–H groups in total. The highest BCUT2D eigenvalue weighted by atomic mass is 32.1. The van der Waals surface area contributed by atoms with E-state index >= 15 is 0 Å². The van der Waals surface area contributed by atoms with Crippen LogP contribution in [0.2, 0.25) is 0 Å². The molecule has 5 heteroatoms. The number of ether oxygens (including phenoxy) is 2. The summed E-state index contributed by atoms with van der Waals surface area (Å²) in [6, 6.07) is 23.2. The highest BCUT2D eigenvalue weighted by molar-refractivity contribution is 7.13. The fourth-order valence-electron chi connectivity index (χ4n) is 2.71. The second-order valence-electron chi connectivity index (χ2n) is 6.04. The lowest BCUT2D eigenvalue weighted by molar-refractivity contribution is 0.414. The second kappa shape index (κ2) is 9.41.